The monoisotopic (exact) mass is 318 g/mol. The molecule has 0 N–H and O–H groups in total. The molecule has 2 aromatic carbocycles. The van der Waals surface area contributed by atoms with Crippen molar-refractivity contribution in [1.29, 1.82) is 0 Å². The molecule has 24 heavy (non-hydrogen) atoms. The zero-order valence-corrected chi connectivity index (χ0v) is 15.1. The first-order valence-electron chi connectivity index (χ1n) is 8.82. The zero-order chi connectivity index (χ0) is 17.1. The lowest BCUT2D eigenvalue weighted by atomic mass is 10.0. The van der Waals surface area contributed by atoms with E-state index in [1.54, 1.807) is 0 Å². The van der Waals surface area contributed by atoms with Crippen molar-refractivity contribution in [3.63, 3.8) is 0 Å². The number of unbranched alkanes of at least 4 members (excludes halogenated alkanes) is 1. The van der Waals surface area contributed by atoms with E-state index in [-0.39, 0.29) is 0 Å². The Morgan fingerprint density at radius 2 is 1.62 bits per heavy atom. The van der Waals surface area contributed by atoms with Crippen LogP contribution < -0.4 is 0 Å². The third kappa shape index (κ3) is 3.28. The highest BCUT2D eigenvalue weighted by Gasteiger charge is 2.15. The summed E-state index contributed by atoms with van der Waals surface area (Å²) in [7, 11) is 0. The Kier molecular flexibility index (Phi) is 4.84. The van der Waals surface area contributed by atoms with Gasteiger partial charge in [-0.1, -0.05) is 61.4 Å². The minimum absolute atomic E-state index is 1.04. The number of benzene rings is 2. The zero-order valence-electron chi connectivity index (χ0n) is 15.1. The molecule has 0 unspecified atom stereocenters. The Labute approximate surface area is 145 Å². The van der Waals surface area contributed by atoms with E-state index < -0.39 is 0 Å². The van der Waals surface area contributed by atoms with Gasteiger partial charge in [-0.2, -0.15) is 0 Å². The first-order chi connectivity index (χ1) is 11.6. The van der Waals surface area contributed by atoms with Gasteiger partial charge in [-0.05, 0) is 44.7 Å². The van der Waals surface area contributed by atoms with Crippen molar-refractivity contribution in [2.24, 2.45) is 0 Å². The van der Waals surface area contributed by atoms with Crippen LogP contribution in [0.5, 0.6) is 0 Å². The van der Waals surface area contributed by atoms with E-state index in [9.17, 15) is 0 Å². The molecule has 124 valence electrons. The van der Waals surface area contributed by atoms with Gasteiger partial charge in [0.2, 0.25) is 0 Å². The minimum atomic E-state index is 1.04. The molecule has 2 heteroatoms. The number of aromatic nitrogens is 2. The van der Waals surface area contributed by atoms with Crippen LogP contribution in [0, 0.1) is 20.8 Å². The van der Waals surface area contributed by atoms with Gasteiger partial charge in [0.05, 0.1) is 11.4 Å². The predicted molar refractivity (Wildman–Crippen MR) is 102 cm³/mol. The molecule has 0 aliphatic carbocycles. The normalized spacial score (nSPS) is 11.0. The third-order valence-corrected chi connectivity index (χ3v) is 4.45. The standard InChI is InChI=1S/C22H26N2/c1-5-6-12-20-15-24(21-17(3)13-16(2)14-18(21)4)22(23-20)19-10-8-7-9-11-19/h7-11,13-15H,5-6,12H2,1-4H3. The Morgan fingerprint density at radius 1 is 0.958 bits per heavy atom. The van der Waals surface area contributed by atoms with Crippen molar-refractivity contribution in [3.8, 4) is 17.1 Å². The van der Waals surface area contributed by atoms with Gasteiger partial charge >= 0.3 is 0 Å². The van der Waals surface area contributed by atoms with Crippen LogP contribution in [0.4, 0.5) is 0 Å². The van der Waals surface area contributed by atoms with E-state index in [1.165, 1.54) is 46.5 Å². The van der Waals surface area contributed by atoms with Gasteiger partial charge in [-0.25, -0.2) is 4.98 Å². The summed E-state index contributed by atoms with van der Waals surface area (Å²) < 4.78 is 2.28. The number of nitrogens with zero attached hydrogens (tertiary/aromatic N) is 2. The molecule has 0 saturated carbocycles. The van der Waals surface area contributed by atoms with Gasteiger partial charge in [0.1, 0.15) is 5.82 Å². The van der Waals surface area contributed by atoms with Crippen molar-refractivity contribution in [3.05, 3.63) is 71.0 Å². The van der Waals surface area contributed by atoms with Crippen molar-refractivity contribution in [2.45, 2.75) is 47.0 Å². The maximum absolute atomic E-state index is 4.96. The van der Waals surface area contributed by atoms with Crippen molar-refractivity contribution >= 4 is 0 Å². The van der Waals surface area contributed by atoms with E-state index in [2.05, 4.69) is 80.9 Å². The molecular formula is C22H26N2. The average Bonchev–Trinajstić information content (AvgIpc) is 2.96. The Morgan fingerprint density at radius 3 is 2.25 bits per heavy atom. The molecule has 0 aliphatic heterocycles. The molecule has 0 aliphatic rings. The lowest BCUT2D eigenvalue weighted by Crippen LogP contribution is -2.02. The van der Waals surface area contributed by atoms with Gasteiger partial charge < -0.3 is 0 Å². The van der Waals surface area contributed by atoms with Crippen LogP contribution in [0.25, 0.3) is 17.1 Å². The van der Waals surface area contributed by atoms with Crippen molar-refractivity contribution in [1.82, 2.24) is 9.55 Å². The fraction of sp³-hybridized carbons (Fsp3) is 0.318. The summed E-state index contributed by atoms with van der Waals surface area (Å²) >= 11 is 0. The van der Waals surface area contributed by atoms with E-state index in [0.717, 1.165) is 12.2 Å². The fourth-order valence-corrected chi connectivity index (χ4v) is 3.42. The molecule has 0 saturated heterocycles. The highest BCUT2D eigenvalue weighted by atomic mass is 15.1. The predicted octanol–water partition coefficient (Wildman–Crippen LogP) is 5.81. The molecule has 0 spiro atoms. The highest BCUT2D eigenvalue weighted by molar-refractivity contribution is 5.62. The molecule has 0 radical (unpaired) electrons. The quantitative estimate of drug-likeness (QED) is 0.580. The van der Waals surface area contributed by atoms with Crippen molar-refractivity contribution in [2.75, 3.05) is 0 Å². The summed E-state index contributed by atoms with van der Waals surface area (Å²) in [5.74, 6) is 1.04. The summed E-state index contributed by atoms with van der Waals surface area (Å²) in [4.78, 5) is 4.96. The topological polar surface area (TPSA) is 17.8 Å². The van der Waals surface area contributed by atoms with Gasteiger partial charge in [0, 0.05) is 11.8 Å². The van der Waals surface area contributed by atoms with Gasteiger partial charge in [0.25, 0.3) is 0 Å². The van der Waals surface area contributed by atoms with E-state index in [0.29, 0.717) is 0 Å². The van der Waals surface area contributed by atoms with Gasteiger partial charge in [-0.3, -0.25) is 4.57 Å². The molecule has 1 heterocycles. The number of hydrogen-bond acceptors (Lipinski definition) is 1. The number of rotatable bonds is 5. The van der Waals surface area contributed by atoms with Gasteiger partial charge in [-0.15, -0.1) is 0 Å². The first-order valence-corrected chi connectivity index (χ1v) is 8.82. The molecule has 0 atom stereocenters. The van der Waals surface area contributed by atoms with Crippen LogP contribution in [0.2, 0.25) is 0 Å². The van der Waals surface area contributed by atoms with Crippen LogP contribution in [0.15, 0.2) is 48.7 Å². The van der Waals surface area contributed by atoms with Crippen LogP contribution in [0.1, 0.15) is 42.1 Å². The summed E-state index contributed by atoms with van der Waals surface area (Å²) in [5, 5.41) is 0. The molecule has 2 nitrogen and oxygen atoms in total. The summed E-state index contributed by atoms with van der Waals surface area (Å²) in [6, 6.07) is 15.0. The largest absolute Gasteiger partial charge is 0.299 e. The first kappa shape index (κ1) is 16.5. The van der Waals surface area contributed by atoms with E-state index in [1.807, 2.05) is 0 Å². The van der Waals surface area contributed by atoms with Crippen LogP contribution in [-0.4, -0.2) is 9.55 Å². The number of hydrogen-bond donors (Lipinski definition) is 0. The highest BCUT2D eigenvalue weighted by Crippen LogP contribution is 2.28. The smallest absolute Gasteiger partial charge is 0.144 e. The summed E-state index contributed by atoms with van der Waals surface area (Å²) in [6.07, 6.45) is 5.63. The number of aryl methyl sites for hydroxylation is 4. The minimum Gasteiger partial charge on any atom is -0.299 e. The molecule has 0 amide bonds. The van der Waals surface area contributed by atoms with Crippen LogP contribution in [-0.2, 0) is 6.42 Å². The summed E-state index contributed by atoms with van der Waals surface area (Å²) in [5.41, 5.74) is 7.50. The Balaban J connectivity index is 2.18. The Bertz CT molecular complexity index is 805. The SMILES string of the molecule is CCCCc1cn(-c2c(C)cc(C)cc2C)c(-c2ccccc2)n1. The molecule has 1 aromatic heterocycles. The molecule has 3 rings (SSSR count). The van der Waals surface area contributed by atoms with Gasteiger partial charge in [0.15, 0.2) is 0 Å². The van der Waals surface area contributed by atoms with Crippen LogP contribution in [0.3, 0.4) is 0 Å². The van der Waals surface area contributed by atoms with Crippen LogP contribution >= 0.6 is 0 Å². The number of imidazole rings is 1. The average molecular weight is 318 g/mol. The van der Waals surface area contributed by atoms with E-state index >= 15 is 0 Å². The molecule has 0 fully saturated rings. The maximum atomic E-state index is 4.96. The second kappa shape index (κ2) is 7.04. The molecule has 0 bridgehead atoms. The second-order valence-electron chi connectivity index (χ2n) is 6.64. The molecular weight excluding hydrogens is 292 g/mol. The fourth-order valence-electron chi connectivity index (χ4n) is 3.42. The summed E-state index contributed by atoms with van der Waals surface area (Å²) in [6.45, 7) is 8.76. The maximum Gasteiger partial charge on any atom is 0.144 e. The molecule has 3 aromatic rings. The second-order valence-corrected chi connectivity index (χ2v) is 6.64. The lowest BCUT2D eigenvalue weighted by molar-refractivity contribution is 0.780. The lowest BCUT2D eigenvalue weighted by Gasteiger charge is -2.15. The third-order valence-electron chi connectivity index (χ3n) is 4.45. The van der Waals surface area contributed by atoms with E-state index in [4.69, 9.17) is 4.98 Å². The van der Waals surface area contributed by atoms with Crippen molar-refractivity contribution < 1.29 is 0 Å². The Hall–Kier alpha value is -2.35.